The summed E-state index contributed by atoms with van der Waals surface area (Å²) in [7, 11) is 0. The number of amides is 1. The van der Waals surface area contributed by atoms with E-state index < -0.39 is 5.97 Å². The van der Waals surface area contributed by atoms with Crippen LogP contribution in [0.2, 0.25) is 0 Å². The van der Waals surface area contributed by atoms with Gasteiger partial charge in [0.25, 0.3) is 0 Å². The summed E-state index contributed by atoms with van der Waals surface area (Å²) in [5, 5.41) is 13.2. The molecule has 2 aromatic rings. The van der Waals surface area contributed by atoms with Gasteiger partial charge in [0.15, 0.2) is 0 Å². The zero-order valence-electron chi connectivity index (χ0n) is 14.5. The topological polar surface area (TPSA) is 78.7 Å². The first-order valence-electron chi connectivity index (χ1n) is 8.26. The molecule has 1 N–H and O–H groups in total. The summed E-state index contributed by atoms with van der Waals surface area (Å²) in [6, 6.07) is 6.11. The first kappa shape index (κ1) is 17.2. The molecule has 132 valence electrons. The third-order valence-corrected chi connectivity index (χ3v) is 4.45. The molecular weight excluding hydrogens is 320 g/mol. The van der Waals surface area contributed by atoms with Crippen LogP contribution < -0.4 is 0 Å². The summed E-state index contributed by atoms with van der Waals surface area (Å²) in [5.41, 5.74) is 4.47. The molecule has 3 rings (SSSR count). The molecule has 25 heavy (non-hydrogen) atoms. The Labute approximate surface area is 146 Å². The number of carboxylic acid groups (broad SMARTS) is 1. The van der Waals surface area contributed by atoms with E-state index in [0.29, 0.717) is 19.6 Å². The number of hydrogen-bond acceptors (Lipinski definition) is 4. The second-order valence-electron chi connectivity index (χ2n) is 6.45. The highest BCUT2D eigenvalue weighted by atomic mass is 16.4. The number of nitrogens with zero attached hydrogens (tertiary/aromatic N) is 4. The van der Waals surface area contributed by atoms with E-state index in [2.05, 4.69) is 36.0 Å². The Morgan fingerprint density at radius 1 is 1.28 bits per heavy atom. The van der Waals surface area contributed by atoms with Crippen LogP contribution in [-0.4, -0.2) is 62.7 Å². The second kappa shape index (κ2) is 7.06. The summed E-state index contributed by atoms with van der Waals surface area (Å²) in [6.45, 7) is 5.86. The van der Waals surface area contributed by atoms with Gasteiger partial charge in [-0.2, -0.15) is 5.10 Å². The van der Waals surface area contributed by atoms with Crippen molar-refractivity contribution in [3.8, 4) is 5.69 Å². The molecule has 1 saturated heterocycles. The van der Waals surface area contributed by atoms with Crippen molar-refractivity contribution in [3.63, 3.8) is 0 Å². The number of carbonyl (C=O) groups excluding carboxylic acids is 1. The minimum atomic E-state index is -0.975. The molecule has 1 aromatic carbocycles. The normalized spacial score (nSPS) is 15.6. The summed E-state index contributed by atoms with van der Waals surface area (Å²) in [6.07, 6.45) is 3.66. The van der Waals surface area contributed by atoms with E-state index in [4.69, 9.17) is 5.11 Å². The van der Waals surface area contributed by atoms with Crippen molar-refractivity contribution in [3.05, 3.63) is 47.3 Å². The smallest absolute Gasteiger partial charge is 0.323 e. The van der Waals surface area contributed by atoms with Crippen LogP contribution in [0.4, 0.5) is 0 Å². The molecule has 0 unspecified atom stereocenters. The monoisotopic (exact) mass is 342 g/mol. The predicted molar refractivity (Wildman–Crippen MR) is 92.5 cm³/mol. The van der Waals surface area contributed by atoms with Gasteiger partial charge in [-0.15, -0.1) is 0 Å². The highest BCUT2D eigenvalue weighted by Gasteiger charge is 2.26. The molecule has 0 bridgehead atoms. The van der Waals surface area contributed by atoms with Gasteiger partial charge < -0.3 is 10.0 Å². The molecule has 7 heteroatoms. The number of aliphatic carboxylic acids is 1. The van der Waals surface area contributed by atoms with Gasteiger partial charge in [0.05, 0.1) is 12.2 Å². The van der Waals surface area contributed by atoms with Crippen LogP contribution in [0.3, 0.4) is 0 Å². The Morgan fingerprint density at radius 3 is 2.72 bits per heavy atom. The van der Waals surface area contributed by atoms with Gasteiger partial charge in [0, 0.05) is 32.0 Å². The molecular formula is C18H22N4O3. The Hall–Kier alpha value is -2.67. The molecule has 1 aromatic heterocycles. The van der Waals surface area contributed by atoms with Gasteiger partial charge in [0.1, 0.15) is 6.54 Å². The van der Waals surface area contributed by atoms with Crippen molar-refractivity contribution in [1.82, 2.24) is 19.6 Å². The number of rotatable bonds is 5. The van der Waals surface area contributed by atoms with E-state index in [1.807, 2.05) is 16.9 Å². The van der Waals surface area contributed by atoms with Gasteiger partial charge in [-0.05, 0) is 42.7 Å². The number of aryl methyl sites for hydroxylation is 2. The molecule has 2 heterocycles. The molecule has 1 fully saturated rings. The number of piperazine rings is 1. The Bertz CT molecular complexity index is 786. The zero-order chi connectivity index (χ0) is 18.0. The largest absolute Gasteiger partial charge is 0.480 e. The maximum atomic E-state index is 12.2. The average molecular weight is 342 g/mol. The number of carboxylic acids is 1. The highest BCUT2D eigenvalue weighted by Crippen LogP contribution is 2.23. The van der Waals surface area contributed by atoms with Crippen molar-refractivity contribution in [2.75, 3.05) is 26.2 Å². The molecule has 0 atom stereocenters. The first-order valence-corrected chi connectivity index (χ1v) is 8.26. The Kier molecular flexibility index (Phi) is 4.85. The van der Waals surface area contributed by atoms with E-state index in [1.54, 1.807) is 6.20 Å². The van der Waals surface area contributed by atoms with Crippen LogP contribution in [0.15, 0.2) is 30.6 Å². The van der Waals surface area contributed by atoms with E-state index in [0.717, 1.165) is 22.4 Å². The third-order valence-electron chi connectivity index (χ3n) is 4.45. The van der Waals surface area contributed by atoms with E-state index >= 15 is 0 Å². The number of aromatic nitrogens is 2. The quantitative estimate of drug-likeness (QED) is 0.884. The van der Waals surface area contributed by atoms with E-state index in [1.165, 1.54) is 4.90 Å². The minimum absolute atomic E-state index is 0.140. The van der Waals surface area contributed by atoms with Crippen LogP contribution in [-0.2, 0) is 16.1 Å². The SMILES string of the molecule is Cc1cc(C)c(CN2CCN(CC(=O)O)C(=O)C2)c(-n2cccn2)c1. The second-order valence-corrected chi connectivity index (χ2v) is 6.45. The molecule has 0 spiro atoms. The van der Waals surface area contributed by atoms with Crippen molar-refractivity contribution >= 4 is 11.9 Å². The maximum Gasteiger partial charge on any atom is 0.323 e. The molecule has 7 nitrogen and oxygen atoms in total. The lowest BCUT2D eigenvalue weighted by Crippen LogP contribution is -2.51. The Balaban J connectivity index is 1.80. The molecule has 1 aliphatic heterocycles. The van der Waals surface area contributed by atoms with Crippen LogP contribution in [0, 0.1) is 13.8 Å². The molecule has 1 aliphatic rings. The average Bonchev–Trinajstić information content (AvgIpc) is 3.06. The standard InChI is InChI=1S/C18H22N4O3/c1-13-8-14(2)15(16(9-13)22-5-3-4-19-22)10-20-6-7-21(12-18(24)25)17(23)11-20/h3-5,8-9H,6-7,10-12H2,1-2H3,(H,24,25). The Morgan fingerprint density at radius 2 is 2.08 bits per heavy atom. The highest BCUT2D eigenvalue weighted by molar-refractivity contribution is 5.83. The fraction of sp³-hybridized carbons (Fsp3) is 0.389. The maximum absolute atomic E-state index is 12.2. The number of carbonyl (C=O) groups is 2. The van der Waals surface area contributed by atoms with Gasteiger partial charge in [-0.25, -0.2) is 4.68 Å². The lowest BCUT2D eigenvalue weighted by molar-refractivity contribution is -0.147. The van der Waals surface area contributed by atoms with Crippen molar-refractivity contribution in [1.29, 1.82) is 0 Å². The molecule has 0 aliphatic carbocycles. The van der Waals surface area contributed by atoms with Gasteiger partial charge >= 0.3 is 5.97 Å². The predicted octanol–water partition coefficient (Wildman–Crippen LogP) is 1.22. The lowest BCUT2D eigenvalue weighted by atomic mass is 10.0. The fourth-order valence-corrected chi connectivity index (χ4v) is 3.24. The van der Waals surface area contributed by atoms with E-state index in [-0.39, 0.29) is 19.0 Å². The minimum Gasteiger partial charge on any atom is -0.480 e. The van der Waals surface area contributed by atoms with E-state index in [9.17, 15) is 9.59 Å². The summed E-state index contributed by atoms with van der Waals surface area (Å²) < 4.78 is 1.85. The molecule has 0 radical (unpaired) electrons. The lowest BCUT2D eigenvalue weighted by Gasteiger charge is -2.34. The van der Waals surface area contributed by atoms with Gasteiger partial charge in [-0.3, -0.25) is 14.5 Å². The molecule has 0 saturated carbocycles. The number of hydrogen-bond donors (Lipinski definition) is 1. The fourth-order valence-electron chi connectivity index (χ4n) is 3.24. The first-order chi connectivity index (χ1) is 11.9. The van der Waals surface area contributed by atoms with Crippen LogP contribution in [0.25, 0.3) is 5.69 Å². The number of benzene rings is 1. The third kappa shape index (κ3) is 3.88. The van der Waals surface area contributed by atoms with Crippen LogP contribution in [0.5, 0.6) is 0 Å². The summed E-state index contributed by atoms with van der Waals surface area (Å²) in [5.74, 6) is -1.11. The van der Waals surface area contributed by atoms with Crippen LogP contribution in [0.1, 0.15) is 16.7 Å². The van der Waals surface area contributed by atoms with Crippen molar-refractivity contribution in [2.24, 2.45) is 0 Å². The van der Waals surface area contributed by atoms with Crippen molar-refractivity contribution in [2.45, 2.75) is 20.4 Å². The van der Waals surface area contributed by atoms with Gasteiger partial charge in [-0.1, -0.05) is 6.07 Å². The van der Waals surface area contributed by atoms with Crippen molar-refractivity contribution < 1.29 is 14.7 Å². The van der Waals surface area contributed by atoms with Gasteiger partial charge in [0.2, 0.25) is 5.91 Å². The zero-order valence-corrected chi connectivity index (χ0v) is 14.5. The van der Waals surface area contributed by atoms with Crippen LogP contribution >= 0.6 is 0 Å². The molecule has 1 amide bonds. The summed E-state index contributed by atoms with van der Waals surface area (Å²) >= 11 is 0. The summed E-state index contributed by atoms with van der Waals surface area (Å²) in [4.78, 5) is 26.5.